The lowest BCUT2D eigenvalue weighted by atomic mass is 10.1. The van der Waals surface area contributed by atoms with Gasteiger partial charge in [0.25, 0.3) is 0 Å². The minimum Gasteiger partial charge on any atom is -0.493 e. The number of carbonyl (C=O) groups is 1. The van der Waals surface area contributed by atoms with Crippen LogP contribution in [-0.2, 0) is 9.53 Å². The number of hydrogen-bond donors (Lipinski definition) is 2. The summed E-state index contributed by atoms with van der Waals surface area (Å²) in [5.41, 5.74) is 6.69. The Hall–Kier alpha value is -2.44. The molecule has 0 saturated carbocycles. The highest BCUT2D eigenvalue weighted by molar-refractivity contribution is 5.92. The third kappa shape index (κ3) is 8.28. The van der Waals surface area contributed by atoms with Crippen LogP contribution in [-0.4, -0.2) is 39.8 Å². The molecule has 140 valence electrons. The summed E-state index contributed by atoms with van der Waals surface area (Å²) in [6.45, 7) is 0.670. The first-order valence-corrected chi connectivity index (χ1v) is 8.46. The topological polar surface area (TPSA) is 95.2 Å². The number of anilines is 1. The SMILES string of the molecule is COC(=O)CCCCCCCN=C(N)Nc1ccc(OC)c(OC)c1. The van der Waals surface area contributed by atoms with Crippen molar-refractivity contribution in [3.8, 4) is 11.5 Å². The molecule has 25 heavy (non-hydrogen) atoms. The van der Waals surface area contributed by atoms with Crippen LogP contribution < -0.4 is 20.5 Å². The summed E-state index contributed by atoms with van der Waals surface area (Å²) in [6, 6.07) is 5.47. The van der Waals surface area contributed by atoms with Crippen molar-refractivity contribution in [1.29, 1.82) is 0 Å². The predicted molar refractivity (Wildman–Crippen MR) is 99.4 cm³/mol. The van der Waals surface area contributed by atoms with E-state index in [1.165, 1.54) is 7.11 Å². The standard InChI is InChI=1S/C18H29N3O4/c1-23-15-11-10-14(13-16(15)24-2)21-18(19)20-12-8-6-4-5-7-9-17(22)25-3/h10-11,13H,4-9,12H2,1-3H3,(H3,19,20,21). The Bertz CT molecular complexity index is 561. The van der Waals surface area contributed by atoms with Gasteiger partial charge in [-0.3, -0.25) is 9.79 Å². The Labute approximate surface area is 149 Å². The second-order valence-corrected chi connectivity index (χ2v) is 5.56. The van der Waals surface area contributed by atoms with Crippen LogP contribution >= 0.6 is 0 Å². The van der Waals surface area contributed by atoms with Gasteiger partial charge in [-0.2, -0.15) is 0 Å². The number of aliphatic imine (C=N–C) groups is 1. The first-order valence-electron chi connectivity index (χ1n) is 8.46. The third-order valence-corrected chi connectivity index (χ3v) is 3.70. The number of nitrogens with two attached hydrogens (primary N) is 1. The van der Waals surface area contributed by atoms with E-state index in [1.807, 2.05) is 18.2 Å². The van der Waals surface area contributed by atoms with Gasteiger partial charge in [-0.1, -0.05) is 19.3 Å². The number of guanidine groups is 1. The van der Waals surface area contributed by atoms with Crippen molar-refractivity contribution in [2.45, 2.75) is 38.5 Å². The maximum absolute atomic E-state index is 11.0. The number of benzene rings is 1. The monoisotopic (exact) mass is 351 g/mol. The fraction of sp³-hybridized carbons (Fsp3) is 0.556. The number of nitrogens with zero attached hydrogens (tertiary/aromatic N) is 1. The summed E-state index contributed by atoms with van der Waals surface area (Å²) in [5, 5.41) is 3.04. The lowest BCUT2D eigenvalue weighted by Gasteiger charge is -2.10. The van der Waals surface area contributed by atoms with Crippen LogP contribution in [0.2, 0.25) is 0 Å². The van der Waals surface area contributed by atoms with Crippen molar-refractivity contribution < 1.29 is 19.0 Å². The van der Waals surface area contributed by atoms with Gasteiger partial charge in [0.1, 0.15) is 0 Å². The summed E-state index contributed by atoms with van der Waals surface area (Å²) in [6.07, 6.45) is 5.50. The minimum atomic E-state index is -0.140. The fourth-order valence-electron chi connectivity index (χ4n) is 2.31. The van der Waals surface area contributed by atoms with Crippen molar-refractivity contribution in [3.05, 3.63) is 18.2 Å². The predicted octanol–water partition coefficient (Wildman–Crippen LogP) is 2.94. The third-order valence-electron chi connectivity index (χ3n) is 3.70. The van der Waals surface area contributed by atoms with Gasteiger partial charge in [-0.05, 0) is 25.0 Å². The lowest BCUT2D eigenvalue weighted by Crippen LogP contribution is -2.22. The van der Waals surface area contributed by atoms with E-state index in [1.54, 1.807) is 14.2 Å². The first-order chi connectivity index (χ1) is 12.1. The number of ether oxygens (including phenoxy) is 3. The molecule has 0 aromatic heterocycles. The zero-order chi connectivity index (χ0) is 18.5. The Morgan fingerprint density at radius 1 is 1.04 bits per heavy atom. The van der Waals surface area contributed by atoms with E-state index in [4.69, 9.17) is 15.2 Å². The van der Waals surface area contributed by atoms with E-state index >= 15 is 0 Å². The first kappa shape index (κ1) is 20.6. The molecule has 0 aliphatic rings. The maximum atomic E-state index is 11.0. The second kappa shape index (κ2) is 12.0. The molecule has 0 spiro atoms. The molecule has 1 rings (SSSR count). The Morgan fingerprint density at radius 3 is 2.40 bits per heavy atom. The van der Waals surface area contributed by atoms with Gasteiger partial charge < -0.3 is 25.3 Å². The molecule has 0 saturated heterocycles. The average molecular weight is 351 g/mol. The van der Waals surface area contributed by atoms with Crippen molar-refractivity contribution in [3.63, 3.8) is 0 Å². The highest BCUT2D eigenvalue weighted by Gasteiger charge is 2.05. The van der Waals surface area contributed by atoms with E-state index in [0.29, 0.717) is 30.4 Å². The van der Waals surface area contributed by atoms with Gasteiger partial charge in [0, 0.05) is 24.7 Å². The van der Waals surface area contributed by atoms with Gasteiger partial charge >= 0.3 is 5.97 Å². The summed E-state index contributed by atoms with van der Waals surface area (Å²) < 4.78 is 15.1. The summed E-state index contributed by atoms with van der Waals surface area (Å²) in [7, 11) is 4.60. The molecule has 0 aliphatic heterocycles. The van der Waals surface area contributed by atoms with Crippen LogP contribution in [0.25, 0.3) is 0 Å². The van der Waals surface area contributed by atoms with Crippen molar-refractivity contribution in [2.75, 3.05) is 33.2 Å². The zero-order valence-corrected chi connectivity index (χ0v) is 15.3. The number of carbonyl (C=O) groups excluding carboxylic acids is 1. The van der Waals surface area contributed by atoms with E-state index in [9.17, 15) is 4.79 Å². The number of esters is 1. The zero-order valence-electron chi connectivity index (χ0n) is 15.3. The molecule has 0 fully saturated rings. The lowest BCUT2D eigenvalue weighted by molar-refractivity contribution is -0.140. The number of nitrogens with one attached hydrogen (secondary N) is 1. The minimum absolute atomic E-state index is 0.140. The van der Waals surface area contributed by atoms with Gasteiger partial charge in [-0.15, -0.1) is 0 Å². The number of hydrogen-bond acceptors (Lipinski definition) is 5. The molecule has 3 N–H and O–H groups in total. The van der Waals surface area contributed by atoms with Crippen molar-refractivity contribution in [2.24, 2.45) is 10.7 Å². The summed E-state index contributed by atoms with van der Waals surface area (Å²) in [4.78, 5) is 15.3. The summed E-state index contributed by atoms with van der Waals surface area (Å²) >= 11 is 0. The Morgan fingerprint density at radius 2 is 1.72 bits per heavy atom. The van der Waals surface area contributed by atoms with Gasteiger partial charge in [0.05, 0.1) is 21.3 Å². The average Bonchev–Trinajstić information content (AvgIpc) is 2.63. The van der Waals surface area contributed by atoms with Crippen LogP contribution in [0, 0.1) is 0 Å². The Kier molecular flexibility index (Phi) is 9.89. The van der Waals surface area contributed by atoms with Crippen LogP contribution in [0.3, 0.4) is 0 Å². The largest absolute Gasteiger partial charge is 0.493 e. The normalized spacial score (nSPS) is 11.1. The van der Waals surface area contributed by atoms with Gasteiger partial charge in [-0.25, -0.2) is 0 Å². The molecule has 0 bridgehead atoms. The Balaban J connectivity index is 2.24. The number of rotatable bonds is 11. The van der Waals surface area contributed by atoms with Crippen LogP contribution in [0.1, 0.15) is 38.5 Å². The highest BCUT2D eigenvalue weighted by Crippen LogP contribution is 2.29. The van der Waals surface area contributed by atoms with E-state index < -0.39 is 0 Å². The number of methoxy groups -OCH3 is 3. The summed E-state index contributed by atoms with van der Waals surface area (Å²) in [5.74, 6) is 1.53. The molecule has 0 aliphatic carbocycles. The van der Waals surface area contributed by atoms with Crippen LogP contribution in [0.15, 0.2) is 23.2 Å². The van der Waals surface area contributed by atoms with Crippen LogP contribution in [0.5, 0.6) is 11.5 Å². The molecular formula is C18H29N3O4. The van der Waals surface area contributed by atoms with Crippen molar-refractivity contribution in [1.82, 2.24) is 0 Å². The van der Waals surface area contributed by atoms with E-state index in [-0.39, 0.29) is 5.97 Å². The fourth-order valence-corrected chi connectivity index (χ4v) is 2.31. The molecule has 0 amide bonds. The van der Waals surface area contributed by atoms with Gasteiger partial charge in [0.15, 0.2) is 17.5 Å². The molecular weight excluding hydrogens is 322 g/mol. The number of unbranched alkanes of at least 4 members (excludes halogenated alkanes) is 4. The molecule has 7 heteroatoms. The van der Waals surface area contributed by atoms with Crippen molar-refractivity contribution >= 4 is 17.6 Å². The van der Waals surface area contributed by atoms with Crippen LogP contribution in [0.4, 0.5) is 5.69 Å². The quantitative estimate of drug-likeness (QED) is 0.275. The molecule has 7 nitrogen and oxygen atoms in total. The smallest absolute Gasteiger partial charge is 0.305 e. The maximum Gasteiger partial charge on any atom is 0.305 e. The second-order valence-electron chi connectivity index (χ2n) is 5.56. The molecule has 1 aromatic rings. The highest BCUT2D eigenvalue weighted by atomic mass is 16.5. The molecule has 0 heterocycles. The molecule has 0 unspecified atom stereocenters. The molecule has 0 radical (unpaired) electrons. The molecule has 1 aromatic carbocycles. The van der Waals surface area contributed by atoms with E-state index in [2.05, 4.69) is 15.0 Å². The van der Waals surface area contributed by atoms with E-state index in [0.717, 1.165) is 37.8 Å². The molecule has 0 atom stereocenters. The van der Waals surface area contributed by atoms with Gasteiger partial charge in [0.2, 0.25) is 0 Å².